The molecular weight excluding hydrogens is 476 g/mol. The van der Waals surface area contributed by atoms with Gasteiger partial charge in [0.1, 0.15) is 11.5 Å². The zero-order valence-corrected chi connectivity index (χ0v) is 20.9. The fourth-order valence-electron chi connectivity index (χ4n) is 5.24. The van der Waals surface area contributed by atoms with Gasteiger partial charge in [0.15, 0.2) is 0 Å². The number of rotatable bonds is 4. The number of fused-ring (bicyclic) bond motifs is 8. The molecule has 5 aromatic carbocycles. The van der Waals surface area contributed by atoms with E-state index in [4.69, 9.17) is 9.47 Å². The maximum absolute atomic E-state index is 5.39. The van der Waals surface area contributed by atoms with Crippen LogP contribution in [-0.4, -0.2) is 44.2 Å². The standard InChI is InChI=1S/C30H26N6O2/c1-37-21-15-11-19(12-16-21)35-29-25-9-5-3-7-23(25)28-30(26-10-6-4-8-24(26)27(29)31-33-35)36(34-32-28)20-13-17-22(38-2)18-14-20/h3-18,31-34H,1-2H3. The predicted molar refractivity (Wildman–Crippen MR) is 152 cm³/mol. The molecule has 0 spiro atoms. The summed E-state index contributed by atoms with van der Waals surface area (Å²) in [5.41, 5.74) is 6.04. The minimum Gasteiger partial charge on any atom is -0.497 e. The Labute approximate surface area is 217 Å². The van der Waals surface area contributed by atoms with E-state index in [1.807, 2.05) is 48.5 Å². The van der Waals surface area contributed by atoms with E-state index in [2.05, 4.69) is 78.5 Å². The van der Waals surface area contributed by atoms with E-state index in [-0.39, 0.29) is 0 Å². The van der Waals surface area contributed by atoms with Crippen molar-refractivity contribution < 1.29 is 9.47 Å². The van der Waals surface area contributed by atoms with Crippen LogP contribution in [0.15, 0.2) is 97.1 Å². The molecule has 0 saturated carbocycles. The number of methoxy groups -OCH3 is 2. The molecule has 0 bridgehead atoms. The Morgan fingerprint density at radius 2 is 0.842 bits per heavy atom. The fourth-order valence-corrected chi connectivity index (χ4v) is 5.24. The summed E-state index contributed by atoms with van der Waals surface area (Å²) in [6.07, 6.45) is 0. The van der Waals surface area contributed by atoms with Crippen LogP contribution < -0.4 is 9.47 Å². The molecule has 0 unspecified atom stereocenters. The maximum Gasteiger partial charge on any atom is 0.119 e. The molecule has 0 aliphatic carbocycles. The number of hydrogen-bond donors (Lipinski definition) is 4. The molecule has 7 aromatic rings. The molecule has 4 N–H and O–H groups in total. The van der Waals surface area contributed by atoms with Gasteiger partial charge in [-0.3, -0.25) is 10.2 Å². The van der Waals surface area contributed by atoms with Gasteiger partial charge in [-0.15, -0.1) is 0 Å². The Balaban J connectivity index is 1.66. The molecule has 0 aliphatic heterocycles. The lowest BCUT2D eigenvalue weighted by molar-refractivity contribution is 0.414. The van der Waals surface area contributed by atoms with Crippen molar-refractivity contribution in [1.82, 2.24) is 30.0 Å². The lowest BCUT2D eigenvalue weighted by atomic mass is 10.0. The molecule has 0 atom stereocenters. The van der Waals surface area contributed by atoms with E-state index in [1.165, 1.54) is 0 Å². The van der Waals surface area contributed by atoms with Gasteiger partial charge in [-0.1, -0.05) is 48.5 Å². The SMILES string of the molecule is COc1ccc(-n2[nH][nH]c3c4ccccc4c4c([nH][nH]n4-c4ccc(OC)cc4)c4ccccc4c32)cc1. The minimum absolute atomic E-state index is 0.813. The van der Waals surface area contributed by atoms with Crippen LogP contribution in [0.4, 0.5) is 0 Å². The molecule has 7 rings (SSSR count). The third-order valence-electron chi connectivity index (χ3n) is 7.07. The molecule has 0 saturated heterocycles. The average molecular weight is 503 g/mol. The number of nitrogens with zero attached hydrogens (tertiary/aromatic N) is 2. The molecular formula is C30H26N6O2. The van der Waals surface area contributed by atoms with Crippen LogP contribution in [0.5, 0.6) is 11.5 Å². The Morgan fingerprint density at radius 3 is 1.21 bits per heavy atom. The highest BCUT2D eigenvalue weighted by Crippen LogP contribution is 2.35. The quantitative estimate of drug-likeness (QED) is 0.211. The van der Waals surface area contributed by atoms with Crippen molar-refractivity contribution in [1.29, 1.82) is 0 Å². The van der Waals surface area contributed by atoms with Crippen molar-refractivity contribution in [2.75, 3.05) is 14.2 Å². The second-order valence-electron chi connectivity index (χ2n) is 9.08. The monoisotopic (exact) mass is 502 g/mol. The Kier molecular flexibility index (Phi) is 5.04. The molecule has 0 radical (unpaired) electrons. The third kappa shape index (κ3) is 3.31. The average Bonchev–Trinajstić information content (AvgIpc) is 3.61. The first kappa shape index (κ1) is 22.0. The summed E-state index contributed by atoms with van der Waals surface area (Å²) in [5.74, 6) is 1.63. The molecule has 2 aromatic heterocycles. The topological polar surface area (TPSA) is 91.5 Å². The van der Waals surface area contributed by atoms with Gasteiger partial charge in [0.05, 0.1) is 47.7 Å². The van der Waals surface area contributed by atoms with Crippen LogP contribution in [0, 0.1) is 0 Å². The van der Waals surface area contributed by atoms with Gasteiger partial charge in [0.25, 0.3) is 0 Å². The molecule has 0 aliphatic rings. The van der Waals surface area contributed by atoms with E-state index in [0.29, 0.717) is 0 Å². The molecule has 8 heteroatoms. The molecule has 2 heterocycles. The second-order valence-corrected chi connectivity index (χ2v) is 9.08. The van der Waals surface area contributed by atoms with E-state index in [0.717, 1.165) is 66.5 Å². The number of nitrogens with one attached hydrogen (secondary N) is 4. The van der Waals surface area contributed by atoms with Crippen molar-refractivity contribution in [3.8, 4) is 22.9 Å². The number of aromatic amines is 4. The smallest absolute Gasteiger partial charge is 0.119 e. The highest BCUT2D eigenvalue weighted by molar-refractivity contribution is 6.22. The lowest BCUT2D eigenvalue weighted by Crippen LogP contribution is -1.97. The first-order valence-electron chi connectivity index (χ1n) is 12.4. The normalized spacial score (nSPS) is 11.4. The molecule has 0 fully saturated rings. The van der Waals surface area contributed by atoms with Gasteiger partial charge in [-0.2, -0.15) is 0 Å². The maximum atomic E-state index is 5.39. The summed E-state index contributed by atoms with van der Waals surface area (Å²) in [6.45, 7) is 0. The summed E-state index contributed by atoms with van der Waals surface area (Å²) in [5, 5.41) is 18.1. The fraction of sp³-hybridized carbons (Fsp3) is 0.0667. The molecule has 8 nitrogen and oxygen atoms in total. The van der Waals surface area contributed by atoms with E-state index in [1.54, 1.807) is 14.2 Å². The number of benzene rings is 4. The highest BCUT2D eigenvalue weighted by Gasteiger charge is 2.16. The zero-order valence-electron chi connectivity index (χ0n) is 20.9. The molecule has 0 amide bonds. The van der Waals surface area contributed by atoms with Gasteiger partial charge in [-0.05, 0) is 48.5 Å². The van der Waals surface area contributed by atoms with E-state index < -0.39 is 0 Å². The van der Waals surface area contributed by atoms with Gasteiger partial charge >= 0.3 is 0 Å². The number of H-pyrrole nitrogens is 4. The third-order valence-corrected chi connectivity index (χ3v) is 7.07. The van der Waals surface area contributed by atoms with Gasteiger partial charge in [0.2, 0.25) is 0 Å². The number of aromatic nitrogens is 6. The zero-order chi connectivity index (χ0) is 25.6. The van der Waals surface area contributed by atoms with Crippen molar-refractivity contribution in [3.63, 3.8) is 0 Å². The summed E-state index contributed by atoms with van der Waals surface area (Å²) in [6, 6.07) is 33.0. The largest absolute Gasteiger partial charge is 0.497 e. The van der Waals surface area contributed by atoms with E-state index >= 15 is 0 Å². The van der Waals surface area contributed by atoms with Crippen LogP contribution in [0.2, 0.25) is 0 Å². The van der Waals surface area contributed by atoms with Crippen molar-refractivity contribution in [2.24, 2.45) is 0 Å². The molecule has 38 heavy (non-hydrogen) atoms. The van der Waals surface area contributed by atoms with Crippen molar-refractivity contribution in [2.45, 2.75) is 0 Å². The van der Waals surface area contributed by atoms with Crippen LogP contribution in [0.3, 0.4) is 0 Å². The first-order chi connectivity index (χ1) is 18.8. The summed E-state index contributed by atoms with van der Waals surface area (Å²) >= 11 is 0. The summed E-state index contributed by atoms with van der Waals surface area (Å²) < 4.78 is 14.9. The van der Waals surface area contributed by atoms with Crippen LogP contribution in [0.1, 0.15) is 0 Å². The van der Waals surface area contributed by atoms with Gasteiger partial charge in [0, 0.05) is 21.5 Å². The lowest BCUT2D eigenvalue weighted by Gasteiger charge is -2.10. The molecule has 188 valence electrons. The minimum atomic E-state index is 0.813. The first-order valence-corrected chi connectivity index (χ1v) is 12.4. The predicted octanol–water partition coefficient (Wildman–Crippen LogP) is 6.90. The number of ether oxygens (including phenoxy) is 2. The summed E-state index contributed by atoms with van der Waals surface area (Å²) in [7, 11) is 3.35. The van der Waals surface area contributed by atoms with Crippen LogP contribution >= 0.6 is 0 Å². The van der Waals surface area contributed by atoms with Gasteiger partial charge in [-0.25, -0.2) is 19.8 Å². The van der Waals surface area contributed by atoms with Crippen molar-refractivity contribution >= 4 is 43.6 Å². The van der Waals surface area contributed by atoms with Crippen LogP contribution in [0.25, 0.3) is 55.0 Å². The second kappa shape index (κ2) is 8.70. The number of hydrogen-bond acceptors (Lipinski definition) is 2. The highest BCUT2D eigenvalue weighted by atomic mass is 16.5. The van der Waals surface area contributed by atoms with Gasteiger partial charge < -0.3 is 9.47 Å². The van der Waals surface area contributed by atoms with Crippen LogP contribution in [-0.2, 0) is 0 Å². The Bertz CT molecular complexity index is 1840. The van der Waals surface area contributed by atoms with E-state index in [9.17, 15) is 0 Å². The Hall–Kier alpha value is -5.24. The summed E-state index contributed by atoms with van der Waals surface area (Å²) in [4.78, 5) is 0. The van der Waals surface area contributed by atoms with Crippen molar-refractivity contribution in [3.05, 3.63) is 97.1 Å². The Morgan fingerprint density at radius 1 is 0.474 bits per heavy atom.